The van der Waals surface area contributed by atoms with Gasteiger partial charge in [0, 0.05) is 12.1 Å². The molecule has 118 valence electrons. The molecule has 0 atom stereocenters. The highest BCUT2D eigenvalue weighted by atomic mass is 35.5. The number of benzene rings is 1. The summed E-state index contributed by atoms with van der Waals surface area (Å²) in [7, 11) is -4.22. The SMILES string of the molecule is NCC(F)(F)CNS(=O)(=O)c1cc2c(cc1Cl)OCCO2. The molecule has 0 saturated heterocycles. The van der Waals surface area contributed by atoms with E-state index >= 15 is 0 Å². The van der Waals surface area contributed by atoms with Crippen molar-refractivity contribution in [3.8, 4) is 11.5 Å². The first-order valence-electron chi connectivity index (χ1n) is 5.92. The Bertz CT molecular complexity index is 639. The number of rotatable bonds is 5. The molecule has 10 heteroatoms. The van der Waals surface area contributed by atoms with Crippen LogP contribution in [0.2, 0.25) is 5.02 Å². The van der Waals surface area contributed by atoms with Crippen molar-refractivity contribution < 1.29 is 26.7 Å². The molecule has 0 amide bonds. The van der Waals surface area contributed by atoms with Crippen molar-refractivity contribution >= 4 is 21.6 Å². The Hall–Kier alpha value is -1.16. The molecule has 0 saturated carbocycles. The highest BCUT2D eigenvalue weighted by Gasteiger charge is 2.31. The summed E-state index contributed by atoms with van der Waals surface area (Å²) in [6.45, 7) is -1.51. The van der Waals surface area contributed by atoms with Crippen molar-refractivity contribution in [2.45, 2.75) is 10.8 Å². The van der Waals surface area contributed by atoms with Crippen molar-refractivity contribution in [2.24, 2.45) is 5.73 Å². The second-order valence-electron chi connectivity index (χ2n) is 4.31. The molecule has 0 aliphatic carbocycles. The average molecular weight is 343 g/mol. The molecule has 1 aromatic carbocycles. The number of fused-ring (bicyclic) bond motifs is 1. The van der Waals surface area contributed by atoms with Gasteiger partial charge in [0.1, 0.15) is 18.1 Å². The zero-order valence-electron chi connectivity index (χ0n) is 10.7. The monoisotopic (exact) mass is 342 g/mol. The van der Waals surface area contributed by atoms with Crippen LogP contribution in [-0.4, -0.2) is 40.6 Å². The molecule has 0 radical (unpaired) electrons. The van der Waals surface area contributed by atoms with Gasteiger partial charge in [0.05, 0.1) is 18.1 Å². The summed E-state index contributed by atoms with van der Waals surface area (Å²) in [6, 6.07) is 2.41. The summed E-state index contributed by atoms with van der Waals surface area (Å²) in [5.41, 5.74) is 4.85. The lowest BCUT2D eigenvalue weighted by atomic mass is 10.3. The Labute approximate surface area is 125 Å². The van der Waals surface area contributed by atoms with Crippen LogP contribution in [0.25, 0.3) is 0 Å². The number of ether oxygens (including phenoxy) is 2. The third-order valence-electron chi connectivity index (χ3n) is 2.71. The van der Waals surface area contributed by atoms with Crippen molar-refractivity contribution in [2.75, 3.05) is 26.3 Å². The fraction of sp³-hybridized carbons (Fsp3) is 0.455. The van der Waals surface area contributed by atoms with Crippen LogP contribution in [0, 0.1) is 0 Å². The maximum absolute atomic E-state index is 13.0. The minimum Gasteiger partial charge on any atom is -0.486 e. The lowest BCUT2D eigenvalue weighted by molar-refractivity contribution is 0.0170. The van der Waals surface area contributed by atoms with E-state index in [9.17, 15) is 17.2 Å². The van der Waals surface area contributed by atoms with E-state index in [0.717, 1.165) is 6.07 Å². The third-order valence-corrected chi connectivity index (χ3v) is 4.57. The molecule has 0 aromatic heterocycles. The maximum atomic E-state index is 13.0. The lowest BCUT2D eigenvalue weighted by Gasteiger charge is -2.20. The van der Waals surface area contributed by atoms with Gasteiger partial charge in [-0.1, -0.05) is 11.6 Å². The fourth-order valence-electron chi connectivity index (χ4n) is 1.60. The zero-order chi connectivity index (χ0) is 15.7. The van der Waals surface area contributed by atoms with Gasteiger partial charge in [-0.15, -0.1) is 0 Å². The van der Waals surface area contributed by atoms with Gasteiger partial charge >= 0.3 is 0 Å². The zero-order valence-corrected chi connectivity index (χ0v) is 12.3. The summed E-state index contributed by atoms with van der Waals surface area (Å²) in [4.78, 5) is -0.360. The number of sulfonamides is 1. The third kappa shape index (κ3) is 3.73. The van der Waals surface area contributed by atoms with Crippen LogP contribution in [0.1, 0.15) is 0 Å². The standard InChI is InChI=1S/C11H13ClF2N2O4S/c12-7-3-8-9(20-2-1-19-8)4-10(7)21(17,18)16-6-11(13,14)5-15/h3-4,16H,1-2,5-6,15H2. The van der Waals surface area contributed by atoms with Gasteiger partial charge in [0.25, 0.3) is 5.92 Å². The Balaban J connectivity index is 2.28. The summed E-state index contributed by atoms with van der Waals surface area (Å²) < 4.78 is 62.4. The Morgan fingerprint density at radius 2 is 1.86 bits per heavy atom. The van der Waals surface area contributed by atoms with Gasteiger partial charge in [-0.3, -0.25) is 0 Å². The number of hydrogen-bond donors (Lipinski definition) is 2. The van der Waals surface area contributed by atoms with Gasteiger partial charge in [0.2, 0.25) is 10.0 Å². The highest BCUT2D eigenvalue weighted by molar-refractivity contribution is 7.89. The number of nitrogens with one attached hydrogen (secondary N) is 1. The first kappa shape index (κ1) is 16.2. The van der Waals surface area contributed by atoms with Gasteiger partial charge in [-0.2, -0.15) is 0 Å². The Morgan fingerprint density at radius 3 is 2.43 bits per heavy atom. The fourth-order valence-corrected chi connectivity index (χ4v) is 3.19. The number of halogens is 3. The molecule has 3 N–H and O–H groups in total. The lowest BCUT2D eigenvalue weighted by Crippen LogP contribution is -2.41. The Kier molecular flexibility index (Phi) is 4.57. The minimum atomic E-state index is -4.22. The molecule has 1 aromatic rings. The van der Waals surface area contributed by atoms with E-state index in [1.54, 1.807) is 4.72 Å². The van der Waals surface area contributed by atoms with Gasteiger partial charge in [-0.25, -0.2) is 21.9 Å². The van der Waals surface area contributed by atoms with E-state index < -0.39 is 29.0 Å². The molecular weight excluding hydrogens is 330 g/mol. The number of hydrogen-bond acceptors (Lipinski definition) is 5. The van der Waals surface area contributed by atoms with Crippen molar-refractivity contribution in [1.82, 2.24) is 4.72 Å². The van der Waals surface area contributed by atoms with E-state index in [4.69, 9.17) is 26.8 Å². The van der Waals surface area contributed by atoms with Crippen LogP contribution in [0.3, 0.4) is 0 Å². The molecule has 1 aliphatic heterocycles. The van der Waals surface area contributed by atoms with Crippen LogP contribution in [0.15, 0.2) is 17.0 Å². The first-order valence-corrected chi connectivity index (χ1v) is 7.78. The largest absolute Gasteiger partial charge is 0.486 e. The van der Waals surface area contributed by atoms with Gasteiger partial charge in [0.15, 0.2) is 11.5 Å². The predicted molar refractivity (Wildman–Crippen MR) is 71.6 cm³/mol. The van der Waals surface area contributed by atoms with E-state index in [0.29, 0.717) is 12.4 Å². The highest BCUT2D eigenvalue weighted by Crippen LogP contribution is 2.37. The molecule has 1 aliphatic rings. The Morgan fingerprint density at radius 1 is 1.29 bits per heavy atom. The molecule has 21 heavy (non-hydrogen) atoms. The molecule has 2 rings (SSSR count). The topological polar surface area (TPSA) is 90.7 Å². The predicted octanol–water partition coefficient (Wildman–Crippen LogP) is 0.983. The average Bonchev–Trinajstić information content (AvgIpc) is 2.44. The quantitative estimate of drug-likeness (QED) is 0.832. The van der Waals surface area contributed by atoms with Crippen molar-refractivity contribution in [1.29, 1.82) is 0 Å². The van der Waals surface area contributed by atoms with Gasteiger partial charge in [-0.05, 0) is 0 Å². The number of alkyl halides is 2. The van der Waals surface area contributed by atoms with Gasteiger partial charge < -0.3 is 15.2 Å². The van der Waals surface area contributed by atoms with Crippen LogP contribution < -0.4 is 19.9 Å². The second-order valence-corrected chi connectivity index (χ2v) is 6.45. The van der Waals surface area contributed by atoms with E-state index in [1.807, 2.05) is 0 Å². The summed E-state index contributed by atoms with van der Waals surface area (Å²) in [5.74, 6) is -2.85. The summed E-state index contributed by atoms with van der Waals surface area (Å²) in [5, 5.41) is -0.150. The molecule has 6 nitrogen and oxygen atoms in total. The normalized spacial score (nSPS) is 15.0. The molecule has 0 fully saturated rings. The van der Waals surface area contributed by atoms with Crippen LogP contribution in [-0.2, 0) is 10.0 Å². The van der Waals surface area contributed by atoms with Crippen molar-refractivity contribution in [3.05, 3.63) is 17.2 Å². The second kappa shape index (κ2) is 5.91. The van der Waals surface area contributed by atoms with E-state index in [-0.39, 0.29) is 22.3 Å². The number of nitrogens with two attached hydrogens (primary N) is 1. The van der Waals surface area contributed by atoms with E-state index in [1.165, 1.54) is 6.07 Å². The molecule has 0 unspecified atom stereocenters. The van der Waals surface area contributed by atoms with Crippen molar-refractivity contribution in [3.63, 3.8) is 0 Å². The van der Waals surface area contributed by atoms with Crippen LogP contribution >= 0.6 is 11.6 Å². The first-order chi connectivity index (χ1) is 9.75. The van der Waals surface area contributed by atoms with Crippen LogP contribution in [0.4, 0.5) is 8.78 Å². The molecule has 0 spiro atoms. The molecular formula is C11H13ClF2N2O4S. The van der Waals surface area contributed by atoms with Crippen LogP contribution in [0.5, 0.6) is 11.5 Å². The van der Waals surface area contributed by atoms with E-state index in [2.05, 4.69) is 0 Å². The molecule has 0 bridgehead atoms. The minimum absolute atomic E-state index is 0.150. The summed E-state index contributed by atoms with van der Waals surface area (Å²) in [6.07, 6.45) is 0. The summed E-state index contributed by atoms with van der Waals surface area (Å²) >= 11 is 5.86. The maximum Gasteiger partial charge on any atom is 0.273 e. The smallest absolute Gasteiger partial charge is 0.273 e. The molecule has 1 heterocycles.